The number of fused-ring (bicyclic) bond motifs is 1. The molecule has 0 saturated carbocycles. The van der Waals surface area contributed by atoms with E-state index >= 15 is 0 Å². The van der Waals surface area contributed by atoms with Crippen molar-refractivity contribution in [1.82, 2.24) is 19.8 Å². The first-order valence-corrected chi connectivity index (χ1v) is 8.52. The normalized spacial score (nSPS) is 23.5. The van der Waals surface area contributed by atoms with Crippen LogP contribution in [-0.2, 0) is 22.4 Å². The van der Waals surface area contributed by atoms with Crippen molar-refractivity contribution in [2.24, 2.45) is 5.92 Å². The third-order valence-electron chi connectivity index (χ3n) is 5.31. The predicted octanol–water partition coefficient (Wildman–Crippen LogP) is 0.262. The number of aryl methyl sites for hydroxylation is 2. The molecule has 7 heteroatoms. The number of hydrogen-bond donors (Lipinski definition) is 1. The molecule has 0 aliphatic carbocycles. The average molecular weight is 332 g/mol. The van der Waals surface area contributed by atoms with Gasteiger partial charge in [-0.25, -0.2) is 4.98 Å². The maximum absolute atomic E-state index is 12.6. The second kappa shape index (κ2) is 6.37. The number of amides is 2. The van der Waals surface area contributed by atoms with E-state index in [4.69, 9.17) is 0 Å². The second-order valence-electron chi connectivity index (χ2n) is 6.77. The van der Waals surface area contributed by atoms with Crippen LogP contribution < -0.4 is 5.56 Å². The molecule has 2 aliphatic rings. The van der Waals surface area contributed by atoms with Gasteiger partial charge in [0.1, 0.15) is 5.82 Å². The number of hydrogen-bond acceptors (Lipinski definition) is 4. The maximum Gasteiger partial charge on any atom is 0.254 e. The average Bonchev–Trinajstić information content (AvgIpc) is 2.84. The van der Waals surface area contributed by atoms with E-state index < -0.39 is 0 Å². The van der Waals surface area contributed by atoms with Gasteiger partial charge >= 0.3 is 0 Å². The van der Waals surface area contributed by atoms with Crippen LogP contribution in [0.25, 0.3) is 0 Å². The fraction of sp³-hybridized carbons (Fsp3) is 0.647. The first-order chi connectivity index (χ1) is 11.4. The summed E-state index contributed by atoms with van der Waals surface area (Å²) in [7, 11) is 1.84. The summed E-state index contributed by atoms with van der Waals surface area (Å²) in [6, 6.07) is 0.247. The van der Waals surface area contributed by atoms with Crippen LogP contribution in [0.1, 0.15) is 36.8 Å². The van der Waals surface area contributed by atoms with Gasteiger partial charge in [-0.3, -0.25) is 14.4 Å². The molecule has 0 radical (unpaired) electrons. The molecular weight excluding hydrogens is 308 g/mol. The minimum atomic E-state index is -0.224. The van der Waals surface area contributed by atoms with Gasteiger partial charge in [-0.15, -0.1) is 0 Å². The second-order valence-corrected chi connectivity index (χ2v) is 6.77. The standard InChI is InChI=1S/C17H24N4O3/c1-4-14-18-10(2)12(17(24)19-14)8-16(23)21-6-5-13-11(9-21)7-15(22)20(13)3/h11,13H,4-9H2,1-3H3,(H,18,19,24)/t11-,13+/m1/s1. The van der Waals surface area contributed by atoms with Crippen molar-refractivity contribution >= 4 is 11.8 Å². The zero-order valence-electron chi connectivity index (χ0n) is 14.5. The fourth-order valence-corrected chi connectivity index (χ4v) is 3.82. The van der Waals surface area contributed by atoms with Gasteiger partial charge in [0, 0.05) is 56.2 Å². The van der Waals surface area contributed by atoms with E-state index in [1.807, 2.05) is 18.9 Å². The Kier molecular flexibility index (Phi) is 4.43. The highest BCUT2D eigenvalue weighted by molar-refractivity contribution is 5.81. The Balaban J connectivity index is 1.71. The molecule has 0 unspecified atom stereocenters. The van der Waals surface area contributed by atoms with Crippen LogP contribution in [0.5, 0.6) is 0 Å². The molecule has 7 nitrogen and oxygen atoms in total. The van der Waals surface area contributed by atoms with E-state index in [1.165, 1.54) is 0 Å². The molecule has 2 saturated heterocycles. The van der Waals surface area contributed by atoms with Crippen molar-refractivity contribution in [3.05, 3.63) is 27.4 Å². The molecule has 3 heterocycles. The summed E-state index contributed by atoms with van der Waals surface area (Å²) in [5.74, 6) is 0.947. The van der Waals surface area contributed by atoms with Crippen LogP contribution in [0.15, 0.2) is 4.79 Å². The summed E-state index contributed by atoms with van der Waals surface area (Å²) in [5, 5.41) is 0. The highest BCUT2D eigenvalue weighted by atomic mass is 16.2. The SMILES string of the molecule is CCc1nc(C)c(CC(=O)N2CC[C@H]3[C@H](CC(=O)N3C)C2)c(=O)[nH]1. The lowest BCUT2D eigenvalue weighted by Crippen LogP contribution is -2.48. The van der Waals surface area contributed by atoms with E-state index in [-0.39, 0.29) is 35.8 Å². The molecule has 0 aromatic carbocycles. The van der Waals surface area contributed by atoms with Crippen LogP contribution in [0.2, 0.25) is 0 Å². The van der Waals surface area contributed by atoms with Gasteiger partial charge in [-0.2, -0.15) is 0 Å². The molecule has 2 aliphatic heterocycles. The molecule has 2 fully saturated rings. The Labute approximate surface area is 141 Å². The van der Waals surface area contributed by atoms with Gasteiger partial charge < -0.3 is 14.8 Å². The van der Waals surface area contributed by atoms with E-state index in [2.05, 4.69) is 9.97 Å². The molecule has 130 valence electrons. The minimum Gasteiger partial charge on any atom is -0.342 e. The minimum absolute atomic E-state index is 0.0601. The number of nitrogens with one attached hydrogen (secondary N) is 1. The van der Waals surface area contributed by atoms with Gasteiger partial charge in [0.05, 0.1) is 6.42 Å². The van der Waals surface area contributed by atoms with Gasteiger partial charge in [-0.05, 0) is 13.3 Å². The Morgan fingerprint density at radius 1 is 1.38 bits per heavy atom. The monoisotopic (exact) mass is 332 g/mol. The molecule has 2 atom stereocenters. The fourth-order valence-electron chi connectivity index (χ4n) is 3.82. The molecule has 1 aromatic heterocycles. The lowest BCUT2D eigenvalue weighted by atomic mass is 9.92. The zero-order chi connectivity index (χ0) is 17.4. The van der Waals surface area contributed by atoms with Crippen molar-refractivity contribution in [3.8, 4) is 0 Å². The first kappa shape index (κ1) is 16.7. The van der Waals surface area contributed by atoms with Gasteiger partial charge in [-0.1, -0.05) is 6.92 Å². The van der Waals surface area contributed by atoms with Crippen LogP contribution >= 0.6 is 0 Å². The lowest BCUT2D eigenvalue weighted by molar-refractivity contribution is -0.132. The highest BCUT2D eigenvalue weighted by Crippen LogP contribution is 2.31. The number of rotatable bonds is 3. The zero-order valence-corrected chi connectivity index (χ0v) is 14.5. The Morgan fingerprint density at radius 2 is 2.12 bits per heavy atom. The summed E-state index contributed by atoms with van der Waals surface area (Å²) in [6.07, 6.45) is 2.04. The summed E-state index contributed by atoms with van der Waals surface area (Å²) in [4.78, 5) is 47.3. The quantitative estimate of drug-likeness (QED) is 0.860. The lowest BCUT2D eigenvalue weighted by Gasteiger charge is -2.36. The maximum atomic E-state index is 12.6. The van der Waals surface area contributed by atoms with E-state index in [0.29, 0.717) is 43.0 Å². The Hall–Kier alpha value is -2.18. The molecule has 1 N–H and O–H groups in total. The summed E-state index contributed by atoms with van der Waals surface area (Å²) in [5.41, 5.74) is 0.840. The number of aromatic nitrogens is 2. The van der Waals surface area contributed by atoms with Crippen molar-refractivity contribution in [1.29, 1.82) is 0 Å². The van der Waals surface area contributed by atoms with E-state index in [9.17, 15) is 14.4 Å². The summed E-state index contributed by atoms with van der Waals surface area (Å²) >= 11 is 0. The number of piperidine rings is 1. The van der Waals surface area contributed by atoms with Crippen LogP contribution in [-0.4, -0.2) is 57.8 Å². The van der Waals surface area contributed by atoms with Gasteiger partial charge in [0.2, 0.25) is 11.8 Å². The third kappa shape index (κ3) is 2.95. The number of carbonyl (C=O) groups is 2. The number of nitrogens with zero attached hydrogens (tertiary/aromatic N) is 3. The highest BCUT2D eigenvalue weighted by Gasteiger charge is 2.41. The van der Waals surface area contributed by atoms with Crippen molar-refractivity contribution in [2.75, 3.05) is 20.1 Å². The van der Waals surface area contributed by atoms with Crippen molar-refractivity contribution in [3.63, 3.8) is 0 Å². The Morgan fingerprint density at radius 3 is 2.79 bits per heavy atom. The number of likely N-dealkylation sites (tertiary alicyclic amines) is 2. The molecule has 1 aromatic rings. The van der Waals surface area contributed by atoms with Gasteiger partial charge in [0.15, 0.2) is 0 Å². The van der Waals surface area contributed by atoms with Crippen LogP contribution in [0.4, 0.5) is 0 Å². The molecule has 0 bridgehead atoms. The van der Waals surface area contributed by atoms with Gasteiger partial charge in [0.25, 0.3) is 5.56 Å². The van der Waals surface area contributed by atoms with Crippen molar-refractivity contribution < 1.29 is 9.59 Å². The largest absolute Gasteiger partial charge is 0.342 e. The number of aromatic amines is 1. The Bertz CT molecular complexity index is 727. The predicted molar refractivity (Wildman–Crippen MR) is 88.5 cm³/mol. The third-order valence-corrected chi connectivity index (χ3v) is 5.31. The number of carbonyl (C=O) groups excluding carboxylic acids is 2. The van der Waals surface area contributed by atoms with E-state index in [1.54, 1.807) is 11.8 Å². The van der Waals surface area contributed by atoms with Crippen molar-refractivity contribution in [2.45, 2.75) is 45.6 Å². The molecule has 24 heavy (non-hydrogen) atoms. The van der Waals surface area contributed by atoms with Crippen LogP contribution in [0, 0.1) is 12.8 Å². The molecule has 3 rings (SSSR count). The van der Waals surface area contributed by atoms with Crippen LogP contribution in [0.3, 0.4) is 0 Å². The smallest absolute Gasteiger partial charge is 0.254 e. The molecule has 2 amide bonds. The summed E-state index contributed by atoms with van der Waals surface area (Å²) in [6.45, 7) is 4.92. The molecule has 0 spiro atoms. The molecular formula is C17H24N4O3. The van der Waals surface area contributed by atoms with E-state index in [0.717, 1.165) is 6.42 Å². The first-order valence-electron chi connectivity index (χ1n) is 8.52. The summed E-state index contributed by atoms with van der Waals surface area (Å²) < 4.78 is 0. The topological polar surface area (TPSA) is 86.4 Å². The number of H-pyrrole nitrogens is 1.